The van der Waals surface area contributed by atoms with E-state index < -0.39 is 15.3 Å². The van der Waals surface area contributed by atoms with Crippen LogP contribution < -0.4 is 4.72 Å². The molecule has 0 saturated carbocycles. The number of H-pyrrole nitrogens is 1. The van der Waals surface area contributed by atoms with Gasteiger partial charge in [-0.15, -0.1) is 0 Å². The van der Waals surface area contributed by atoms with Crippen molar-refractivity contribution >= 4 is 15.8 Å². The molecule has 1 atom stereocenters. The maximum absolute atomic E-state index is 11.7. The molecule has 88 valence electrons. The second kappa shape index (κ2) is 4.99. The second-order valence-corrected chi connectivity index (χ2v) is 5.16. The van der Waals surface area contributed by atoms with Crippen molar-refractivity contribution in [2.45, 2.75) is 31.9 Å². The average molecular weight is 242 g/mol. The predicted molar refractivity (Wildman–Crippen MR) is 60.2 cm³/mol. The van der Waals surface area contributed by atoms with Crippen LogP contribution in [0.4, 0.5) is 5.82 Å². The van der Waals surface area contributed by atoms with Crippen LogP contribution in [0.15, 0.2) is 6.20 Å². The fourth-order valence-corrected chi connectivity index (χ4v) is 2.44. The molecule has 1 heterocycles. The summed E-state index contributed by atoms with van der Waals surface area (Å²) in [5, 5.41) is 14.0. The van der Waals surface area contributed by atoms with Crippen molar-refractivity contribution in [3.05, 3.63) is 11.8 Å². The molecular formula is C9H14N4O2S. The Bertz CT molecular complexity index is 486. The minimum atomic E-state index is -3.66. The lowest BCUT2D eigenvalue weighted by Gasteiger charge is -2.10. The lowest BCUT2D eigenvalue weighted by atomic mass is 10.3. The molecular weight excluding hydrogens is 228 g/mol. The fraction of sp³-hybridized carbons (Fsp3) is 0.556. The summed E-state index contributed by atoms with van der Waals surface area (Å²) in [5.41, 5.74) is 0.774. The molecule has 0 radical (unpaired) electrons. The van der Waals surface area contributed by atoms with Gasteiger partial charge in [-0.2, -0.15) is 10.4 Å². The molecule has 0 fully saturated rings. The van der Waals surface area contributed by atoms with E-state index in [9.17, 15) is 8.42 Å². The van der Waals surface area contributed by atoms with Crippen molar-refractivity contribution in [3.8, 4) is 6.07 Å². The maximum Gasteiger partial charge on any atom is 0.250 e. The summed E-state index contributed by atoms with van der Waals surface area (Å²) in [6.45, 7) is 3.55. The van der Waals surface area contributed by atoms with Gasteiger partial charge in [-0.1, -0.05) is 13.8 Å². The number of nitriles is 1. The molecule has 0 aliphatic heterocycles. The van der Waals surface area contributed by atoms with Crippen LogP contribution in [0.3, 0.4) is 0 Å². The van der Waals surface area contributed by atoms with E-state index in [2.05, 4.69) is 14.9 Å². The van der Waals surface area contributed by atoms with Gasteiger partial charge >= 0.3 is 0 Å². The molecule has 1 rings (SSSR count). The molecule has 1 unspecified atom stereocenters. The van der Waals surface area contributed by atoms with Crippen LogP contribution in [0.1, 0.15) is 25.8 Å². The third-order valence-electron chi connectivity index (χ3n) is 2.23. The number of aromatic nitrogens is 2. The van der Waals surface area contributed by atoms with Gasteiger partial charge in [-0.25, -0.2) is 8.42 Å². The Balaban J connectivity index is 2.94. The third-order valence-corrected chi connectivity index (χ3v) is 3.91. The lowest BCUT2D eigenvalue weighted by Crippen LogP contribution is -2.26. The molecule has 0 aromatic carbocycles. The van der Waals surface area contributed by atoms with Gasteiger partial charge in [-0.3, -0.25) is 9.82 Å². The highest BCUT2D eigenvalue weighted by Gasteiger charge is 2.24. The predicted octanol–water partition coefficient (Wildman–Crippen LogP) is 1.02. The van der Waals surface area contributed by atoms with E-state index in [1.165, 1.54) is 0 Å². The van der Waals surface area contributed by atoms with Crippen molar-refractivity contribution in [1.82, 2.24) is 10.2 Å². The Hall–Kier alpha value is -1.55. The standard InChI is InChI=1S/C9H14N4O2S/c1-3-7-6-11-12-9(7)13-16(14,15)8(4-2)5-10/h6,8H,3-4H2,1-2H3,(H2,11,12,13). The number of aromatic amines is 1. The molecule has 0 amide bonds. The Morgan fingerprint density at radius 3 is 2.81 bits per heavy atom. The molecule has 6 nitrogen and oxygen atoms in total. The first-order chi connectivity index (χ1) is 7.55. The minimum absolute atomic E-state index is 0.251. The molecule has 1 aromatic heterocycles. The summed E-state index contributed by atoms with van der Waals surface area (Å²) in [4.78, 5) is 0. The molecule has 16 heavy (non-hydrogen) atoms. The Morgan fingerprint density at radius 1 is 1.62 bits per heavy atom. The molecule has 0 bridgehead atoms. The highest BCUT2D eigenvalue weighted by molar-refractivity contribution is 7.93. The number of rotatable bonds is 5. The van der Waals surface area contributed by atoms with E-state index in [1.807, 2.05) is 6.92 Å². The first kappa shape index (κ1) is 12.5. The lowest BCUT2D eigenvalue weighted by molar-refractivity contribution is 0.592. The van der Waals surface area contributed by atoms with Crippen LogP contribution in [0.25, 0.3) is 0 Å². The molecule has 7 heteroatoms. The van der Waals surface area contributed by atoms with Crippen LogP contribution >= 0.6 is 0 Å². The number of nitrogens with one attached hydrogen (secondary N) is 2. The Kier molecular flexibility index (Phi) is 3.90. The van der Waals surface area contributed by atoms with Crippen molar-refractivity contribution in [2.24, 2.45) is 0 Å². The zero-order chi connectivity index (χ0) is 12.2. The van der Waals surface area contributed by atoms with Gasteiger partial charge in [0.1, 0.15) is 5.82 Å². The summed E-state index contributed by atoms with van der Waals surface area (Å²) >= 11 is 0. The van der Waals surface area contributed by atoms with Gasteiger partial charge in [-0.05, 0) is 12.8 Å². The van der Waals surface area contributed by atoms with E-state index >= 15 is 0 Å². The largest absolute Gasteiger partial charge is 0.266 e. The number of aryl methyl sites for hydroxylation is 1. The monoisotopic (exact) mass is 242 g/mol. The topological polar surface area (TPSA) is 98.6 Å². The summed E-state index contributed by atoms with van der Waals surface area (Å²) in [7, 11) is -3.66. The number of hydrogen-bond acceptors (Lipinski definition) is 4. The van der Waals surface area contributed by atoms with Crippen LogP contribution in [0.5, 0.6) is 0 Å². The summed E-state index contributed by atoms with van der Waals surface area (Å²) < 4.78 is 25.8. The van der Waals surface area contributed by atoms with E-state index in [4.69, 9.17) is 5.26 Å². The van der Waals surface area contributed by atoms with Gasteiger partial charge in [0.25, 0.3) is 0 Å². The van der Waals surface area contributed by atoms with Crippen LogP contribution in [0, 0.1) is 11.3 Å². The molecule has 0 spiro atoms. The Morgan fingerprint density at radius 2 is 2.31 bits per heavy atom. The number of nitrogens with zero attached hydrogens (tertiary/aromatic N) is 2. The maximum atomic E-state index is 11.7. The van der Waals surface area contributed by atoms with Gasteiger partial charge in [0.15, 0.2) is 5.25 Å². The quantitative estimate of drug-likeness (QED) is 0.805. The minimum Gasteiger partial charge on any atom is -0.266 e. The van der Waals surface area contributed by atoms with E-state index in [-0.39, 0.29) is 6.42 Å². The second-order valence-electron chi connectivity index (χ2n) is 3.30. The van der Waals surface area contributed by atoms with Crippen LogP contribution in [-0.2, 0) is 16.4 Å². The van der Waals surface area contributed by atoms with Crippen LogP contribution in [0.2, 0.25) is 0 Å². The van der Waals surface area contributed by atoms with E-state index in [0.717, 1.165) is 5.56 Å². The number of sulfonamides is 1. The normalized spacial score (nSPS) is 13.1. The zero-order valence-corrected chi connectivity index (χ0v) is 10.0. The SMILES string of the molecule is CCc1cn[nH]c1NS(=O)(=O)C(C#N)CC. The number of hydrogen-bond donors (Lipinski definition) is 2. The molecule has 0 aliphatic carbocycles. The van der Waals surface area contributed by atoms with Gasteiger partial charge in [0.2, 0.25) is 10.0 Å². The van der Waals surface area contributed by atoms with Gasteiger partial charge in [0, 0.05) is 5.56 Å². The van der Waals surface area contributed by atoms with E-state index in [1.54, 1.807) is 19.2 Å². The third kappa shape index (κ3) is 2.52. The summed E-state index contributed by atoms with van der Waals surface area (Å²) in [6.07, 6.45) is 2.48. The fourth-order valence-electron chi connectivity index (χ4n) is 1.26. The highest BCUT2D eigenvalue weighted by atomic mass is 32.2. The summed E-state index contributed by atoms with van der Waals surface area (Å²) in [5.74, 6) is 0.344. The van der Waals surface area contributed by atoms with E-state index in [0.29, 0.717) is 12.2 Å². The van der Waals surface area contributed by atoms with Gasteiger partial charge < -0.3 is 0 Å². The van der Waals surface area contributed by atoms with Gasteiger partial charge in [0.05, 0.1) is 12.3 Å². The average Bonchev–Trinajstić information content (AvgIpc) is 2.65. The van der Waals surface area contributed by atoms with Crippen LogP contribution in [-0.4, -0.2) is 23.9 Å². The number of anilines is 1. The summed E-state index contributed by atoms with van der Waals surface area (Å²) in [6, 6.07) is 1.76. The molecule has 0 aliphatic rings. The molecule has 2 N–H and O–H groups in total. The first-order valence-electron chi connectivity index (χ1n) is 4.98. The van der Waals surface area contributed by atoms with Crippen molar-refractivity contribution in [3.63, 3.8) is 0 Å². The highest BCUT2D eigenvalue weighted by Crippen LogP contribution is 2.15. The van der Waals surface area contributed by atoms with Crippen molar-refractivity contribution in [2.75, 3.05) is 4.72 Å². The smallest absolute Gasteiger partial charge is 0.250 e. The molecule has 0 saturated heterocycles. The molecule has 1 aromatic rings. The Labute approximate surface area is 94.7 Å². The van der Waals surface area contributed by atoms with Crippen molar-refractivity contribution < 1.29 is 8.42 Å². The van der Waals surface area contributed by atoms with Crippen molar-refractivity contribution in [1.29, 1.82) is 5.26 Å². The first-order valence-corrected chi connectivity index (χ1v) is 6.53. The zero-order valence-electron chi connectivity index (χ0n) is 9.19.